The molecule has 0 radical (unpaired) electrons. The zero-order chi connectivity index (χ0) is 17.5. The highest BCUT2D eigenvalue weighted by molar-refractivity contribution is 6.00. The lowest BCUT2D eigenvalue weighted by Crippen LogP contribution is -2.37. The fourth-order valence-corrected chi connectivity index (χ4v) is 3.24. The number of fused-ring (bicyclic) bond motifs is 1. The molecule has 24 heavy (non-hydrogen) atoms. The predicted octanol–water partition coefficient (Wildman–Crippen LogP) is 2.08. The lowest BCUT2D eigenvalue weighted by Gasteiger charge is -2.22. The van der Waals surface area contributed by atoms with Gasteiger partial charge in [-0.25, -0.2) is 0 Å². The van der Waals surface area contributed by atoms with E-state index in [4.69, 9.17) is 0 Å². The monoisotopic (exact) mass is 342 g/mol. The molecule has 0 saturated carbocycles. The maximum absolute atomic E-state index is 12.5. The van der Waals surface area contributed by atoms with Crippen molar-refractivity contribution in [1.82, 2.24) is 9.80 Å². The van der Waals surface area contributed by atoms with E-state index in [2.05, 4.69) is 0 Å². The van der Waals surface area contributed by atoms with Crippen molar-refractivity contribution in [3.63, 3.8) is 0 Å². The molecule has 2 amide bonds. The summed E-state index contributed by atoms with van der Waals surface area (Å²) in [5, 5.41) is 10.4. The molecule has 8 heteroatoms. The number of halogens is 3. The Labute approximate surface area is 136 Å². The molecule has 0 unspecified atom stereocenters. The van der Waals surface area contributed by atoms with Gasteiger partial charge in [0.1, 0.15) is 18.8 Å². The van der Waals surface area contributed by atoms with Gasteiger partial charge in [0.25, 0.3) is 5.91 Å². The van der Waals surface area contributed by atoms with Gasteiger partial charge < -0.3 is 14.9 Å². The molecule has 1 saturated heterocycles. The van der Waals surface area contributed by atoms with Crippen LogP contribution in [0.15, 0.2) is 12.1 Å². The summed E-state index contributed by atoms with van der Waals surface area (Å²) in [7, 11) is 0. The SMILES string of the molecule is O=C1CN(C(=O)c2ccc3c(c2O)CCCC3)CN1CC(F)(F)F. The van der Waals surface area contributed by atoms with Crippen LogP contribution in [-0.4, -0.2) is 52.7 Å². The number of alkyl halides is 3. The van der Waals surface area contributed by atoms with E-state index in [-0.39, 0.29) is 11.3 Å². The first-order valence-electron chi connectivity index (χ1n) is 7.74. The zero-order valence-corrected chi connectivity index (χ0v) is 12.9. The van der Waals surface area contributed by atoms with Crippen LogP contribution in [0.25, 0.3) is 0 Å². The Morgan fingerprint density at radius 1 is 1.21 bits per heavy atom. The fraction of sp³-hybridized carbons (Fsp3) is 0.500. The molecule has 0 spiro atoms. The number of phenols is 1. The second kappa shape index (κ2) is 5.99. The molecule has 0 bridgehead atoms. The van der Waals surface area contributed by atoms with Gasteiger partial charge >= 0.3 is 6.18 Å². The van der Waals surface area contributed by atoms with Gasteiger partial charge in [0, 0.05) is 0 Å². The van der Waals surface area contributed by atoms with E-state index in [1.807, 2.05) is 0 Å². The first-order chi connectivity index (χ1) is 11.3. The molecular formula is C16H17F3N2O3. The lowest BCUT2D eigenvalue weighted by atomic mass is 9.89. The summed E-state index contributed by atoms with van der Waals surface area (Å²) in [6, 6.07) is 3.26. The number of aromatic hydroxyl groups is 1. The van der Waals surface area contributed by atoms with Gasteiger partial charge in [-0.1, -0.05) is 6.07 Å². The van der Waals surface area contributed by atoms with Crippen LogP contribution in [0.3, 0.4) is 0 Å². The molecule has 130 valence electrons. The predicted molar refractivity (Wildman–Crippen MR) is 78.4 cm³/mol. The highest BCUT2D eigenvalue weighted by Crippen LogP contribution is 2.33. The summed E-state index contributed by atoms with van der Waals surface area (Å²) in [4.78, 5) is 25.8. The largest absolute Gasteiger partial charge is 0.507 e. The molecular weight excluding hydrogens is 325 g/mol. The molecule has 3 rings (SSSR count). The molecule has 0 atom stereocenters. The van der Waals surface area contributed by atoms with Crippen LogP contribution in [0.1, 0.15) is 34.3 Å². The van der Waals surface area contributed by atoms with E-state index in [9.17, 15) is 27.9 Å². The molecule has 5 nitrogen and oxygen atoms in total. The molecule has 2 aliphatic rings. The van der Waals surface area contributed by atoms with Gasteiger partial charge in [0.15, 0.2) is 0 Å². The Bertz CT molecular complexity index is 688. The van der Waals surface area contributed by atoms with Gasteiger partial charge in [0.2, 0.25) is 5.91 Å². The van der Waals surface area contributed by atoms with Crippen LogP contribution in [0.2, 0.25) is 0 Å². The van der Waals surface area contributed by atoms with Crippen molar-refractivity contribution in [2.24, 2.45) is 0 Å². The number of amides is 2. The Kier molecular flexibility index (Phi) is 4.15. The summed E-state index contributed by atoms with van der Waals surface area (Å²) in [5.74, 6) is -1.49. The Hall–Kier alpha value is -2.25. The van der Waals surface area contributed by atoms with Crippen LogP contribution >= 0.6 is 0 Å². The third kappa shape index (κ3) is 3.18. The number of carbonyl (C=O) groups excluding carboxylic acids is 2. The van der Waals surface area contributed by atoms with E-state index in [1.54, 1.807) is 6.07 Å². The normalized spacial score (nSPS) is 18.0. The molecule has 1 heterocycles. The maximum atomic E-state index is 12.5. The van der Waals surface area contributed by atoms with E-state index in [0.29, 0.717) is 11.3 Å². The first-order valence-corrected chi connectivity index (χ1v) is 7.74. The highest BCUT2D eigenvalue weighted by Gasteiger charge is 2.39. The molecule has 1 N–H and O–H groups in total. The van der Waals surface area contributed by atoms with Gasteiger partial charge in [-0.2, -0.15) is 13.2 Å². The smallest absolute Gasteiger partial charge is 0.406 e. The third-order valence-corrected chi connectivity index (χ3v) is 4.41. The Morgan fingerprint density at radius 3 is 2.62 bits per heavy atom. The number of hydrogen-bond acceptors (Lipinski definition) is 3. The summed E-state index contributed by atoms with van der Waals surface area (Å²) in [6.07, 6.45) is -1.07. The van der Waals surface area contributed by atoms with E-state index < -0.39 is 37.7 Å². The van der Waals surface area contributed by atoms with Crippen LogP contribution in [0.4, 0.5) is 13.2 Å². The van der Waals surface area contributed by atoms with E-state index in [1.165, 1.54) is 6.07 Å². The molecule has 0 aromatic heterocycles. The van der Waals surface area contributed by atoms with Gasteiger partial charge in [0.05, 0.1) is 12.2 Å². The van der Waals surface area contributed by atoms with E-state index >= 15 is 0 Å². The zero-order valence-electron chi connectivity index (χ0n) is 12.9. The summed E-state index contributed by atoms with van der Waals surface area (Å²) in [6.45, 7) is -2.22. The highest BCUT2D eigenvalue weighted by atomic mass is 19.4. The lowest BCUT2D eigenvalue weighted by molar-refractivity contribution is -0.157. The fourth-order valence-electron chi connectivity index (χ4n) is 3.24. The standard InChI is InChI=1S/C16H17F3N2O3/c17-16(18,19)8-21-9-20(7-13(21)22)15(24)12-6-5-10-3-1-2-4-11(10)14(12)23/h5-6,23H,1-4,7-9H2. The average Bonchev–Trinajstić information content (AvgIpc) is 2.86. The minimum atomic E-state index is -4.51. The number of carbonyl (C=O) groups is 2. The van der Waals surface area contributed by atoms with Crippen molar-refractivity contribution in [1.29, 1.82) is 0 Å². The first kappa shape index (κ1) is 16.6. The minimum absolute atomic E-state index is 0.0392. The van der Waals surface area contributed by atoms with Crippen molar-refractivity contribution >= 4 is 11.8 Å². The van der Waals surface area contributed by atoms with Gasteiger partial charge in [-0.15, -0.1) is 0 Å². The van der Waals surface area contributed by atoms with Crippen LogP contribution in [0, 0.1) is 0 Å². The second-order valence-electron chi connectivity index (χ2n) is 6.16. The maximum Gasteiger partial charge on any atom is 0.406 e. The van der Waals surface area contributed by atoms with Gasteiger partial charge in [-0.05, 0) is 42.9 Å². The molecule has 1 aliphatic heterocycles. The number of aryl methyl sites for hydroxylation is 1. The number of benzene rings is 1. The van der Waals surface area contributed by atoms with Crippen LogP contribution in [0.5, 0.6) is 5.75 Å². The number of nitrogens with zero attached hydrogens (tertiary/aromatic N) is 2. The van der Waals surface area contributed by atoms with Crippen molar-refractivity contribution in [2.75, 3.05) is 19.8 Å². The topological polar surface area (TPSA) is 60.9 Å². The number of phenolic OH excluding ortho intramolecular Hbond substituents is 1. The Balaban J connectivity index is 1.79. The Morgan fingerprint density at radius 2 is 1.92 bits per heavy atom. The van der Waals surface area contributed by atoms with Crippen molar-refractivity contribution in [3.05, 3.63) is 28.8 Å². The number of hydrogen-bond donors (Lipinski definition) is 1. The van der Waals surface area contributed by atoms with Crippen LogP contribution < -0.4 is 0 Å². The molecule has 1 fully saturated rings. The summed E-state index contributed by atoms with van der Waals surface area (Å²) >= 11 is 0. The third-order valence-electron chi connectivity index (χ3n) is 4.41. The van der Waals surface area contributed by atoms with E-state index in [0.717, 1.165) is 35.3 Å². The van der Waals surface area contributed by atoms with Crippen molar-refractivity contribution < 1.29 is 27.9 Å². The van der Waals surface area contributed by atoms with Crippen molar-refractivity contribution in [3.8, 4) is 5.75 Å². The van der Waals surface area contributed by atoms with Crippen LogP contribution in [-0.2, 0) is 17.6 Å². The summed E-state index contributed by atoms with van der Waals surface area (Å²) in [5.41, 5.74) is 1.76. The molecule has 1 aromatic rings. The second-order valence-corrected chi connectivity index (χ2v) is 6.16. The minimum Gasteiger partial charge on any atom is -0.507 e. The molecule has 1 aromatic carbocycles. The quantitative estimate of drug-likeness (QED) is 0.895. The summed E-state index contributed by atoms with van der Waals surface area (Å²) < 4.78 is 37.3. The average molecular weight is 342 g/mol. The van der Waals surface area contributed by atoms with Gasteiger partial charge in [-0.3, -0.25) is 9.59 Å². The molecule has 1 aliphatic carbocycles. The number of rotatable bonds is 2. The van der Waals surface area contributed by atoms with Crippen molar-refractivity contribution in [2.45, 2.75) is 31.9 Å².